The highest BCUT2D eigenvalue weighted by molar-refractivity contribution is 6.15. The van der Waals surface area contributed by atoms with Gasteiger partial charge in [0.2, 0.25) is 0 Å². The molecule has 1 heterocycles. The van der Waals surface area contributed by atoms with Crippen molar-refractivity contribution in [2.45, 2.75) is 6.92 Å². The van der Waals surface area contributed by atoms with Crippen molar-refractivity contribution in [3.63, 3.8) is 0 Å². The molecule has 1 rings (SSSR count). The van der Waals surface area contributed by atoms with Gasteiger partial charge in [0.25, 0.3) is 11.8 Å². The smallest absolute Gasteiger partial charge is 0.276 e. The fourth-order valence-electron chi connectivity index (χ4n) is 0.828. The SMILES string of the molecule is CCN1C(=O)C=C(N)C1=O. The average molecular weight is 140 g/mol. The van der Waals surface area contributed by atoms with Crippen molar-refractivity contribution >= 4 is 11.8 Å². The Labute approximate surface area is 58.3 Å². The van der Waals surface area contributed by atoms with E-state index in [1.165, 1.54) is 0 Å². The van der Waals surface area contributed by atoms with Crippen LogP contribution in [-0.4, -0.2) is 23.3 Å². The van der Waals surface area contributed by atoms with Crippen molar-refractivity contribution in [3.8, 4) is 0 Å². The standard InChI is InChI=1S/C6H8N2O2/c1-2-8-5(9)3-4(7)6(8)10/h3H,2,7H2,1H3. The Morgan fingerprint density at radius 3 is 2.40 bits per heavy atom. The fourth-order valence-corrected chi connectivity index (χ4v) is 0.828. The van der Waals surface area contributed by atoms with Gasteiger partial charge in [-0.2, -0.15) is 0 Å². The lowest BCUT2D eigenvalue weighted by Gasteiger charge is -2.08. The zero-order chi connectivity index (χ0) is 7.72. The number of hydrogen-bond acceptors (Lipinski definition) is 3. The molecule has 4 nitrogen and oxygen atoms in total. The number of carbonyl (C=O) groups excluding carboxylic acids is 2. The van der Waals surface area contributed by atoms with E-state index in [2.05, 4.69) is 0 Å². The van der Waals surface area contributed by atoms with E-state index in [1.54, 1.807) is 6.92 Å². The number of amides is 2. The van der Waals surface area contributed by atoms with Gasteiger partial charge < -0.3 is 5.73 Å². The molecule has 2 N–H and O–H groups in total. The molecule has 0 aromatic heterocycles. The molecule has 0 fully saturated rings. The Bertz CT molecular complexity index is 220. The number of likely N-dealkylation sites (N-methyl/N-ethyl adjacent to an activating group) is 1. The third-order valence-electron chi connectivity index (χ3n) is 1.35. The van der Waals surface area contributed by atoms with Gasteiger partial charge in [-0.05, 0) is 6.92 Å². The minimum absolute atomic E-state index is 0.0341. The van der Waals surface area contributed by atoms with E-state index < -0.39 is 0 Å². The van der Waals surface area contributed by atoms with Gasteiger partial charge in [0.1, 0.15) is 5.70 Å². The second-order valence-electron chi connectivity index (χ2n) is 1.99. The molecule has 0 atom stereocenters. The van der Waals surface area contributed by atoms with Gasteiger partial charge in [-0.15, -0.1) is 0 Å². The van der Waals surface area contributed by atoms with Crippen LogP contribution in [-0.2, 0) is 9.59 Å². The molecule has 10 heavy (non-hydrogen) atoms. The predicted octanol–water partition coefficient (Wildman–Crippen LogP) is -0.782. The minimum Gasteiger partial charge on any atom is -0.394 e. The highest BCUT2D eigenvalue weighted by Crippen LogP contribution is 2.06. The molecule has 0 spiro atoms. The minimum atomic E-state index is -0.382. The summed E-state index contributed by atoms with van der Waals surface area (Å²) in [4.78, 5) is 22.7. The first-order valence-electron chi connectivity index (χ1n) is 2.99. The van der Waals surface area contributed by atoms with Gasteiger partial charge in [-0.3, -0.25) is 14.5 Å². The summed E-state index contributed by atoms with van der Waals surface area (Å²) in [6.45, 7) is 2.11. The lowest BCUT2D eigenvalue weighted by atomic mass is 10.5. The van der Waals surface area contributed by atoms with E-state index in [4.69, 9.17) is 5.73 Å². The molecule has 54 valence electrons. The largest absolute Gasteiger partial charge is 0.394 e. The third kappa shape index (κ3) is 0.775. The summed E-state index contributed by atoms with van der Waals surface area (Å²) in [5, 5.41) is 0. The summed E-state index contributed by atoms with van der Waals surface area (Å²) in [6, 6.07) is 0. The molecule has 2 amide bonds. The molecule has 1 aliphatic heterocycles. The summed E-state index contributed by atoms with van der Waals surface area (Å²) >= 11 is 0. The number of rotatable bonds is 1. The zero-order valence-electron chi connectivity index (χ0n) is 5.63. The fraction of sp³-hybridized carbons (Fsp3) is 0.333. The van der Waals surface area contributed by atoms with E-state index in [0.717, 1.165) is 11.0 Å². The van der Waals surface area contributed by atoms with E-state index in [1.807, 2.05) is 0 Å². The molecule has 1 aliphatic rings. The predicted molar refractivity (Wildman–Crippen MR) is 34.7 cm³/mol. The van der Waals surface area contributed by atoms with Crippen LogP contribution in [0.3, 0.4) is 0 Å². The topological polar surface area (TPSA) is 63.4 Å². The maximum absolute atomic E-state index is 10.9. The van der Waals surface area contributed by atoms with Gasteiger partial charge in [-0.1, -0.05) is 0 Å². The van der Waals surface area contributed by atoms with Gasteiger partial charge >= 0.3 is 0 Å². The van der Waals surface area contributed by atoms with Crippen LogP contribution >= 0.6 is 0 Å². The molecule has 0 saturated carbocycles. The van der Waals surface area contributed by atoms with E-state index in [0.29, 0.717) is 6.54 Å². The average Bonchev–Trinajstić information content (AvgIpc) is 2.09. The molecule has 0 aliphatic carbocycles. The first-order valence-corrected chi connectivity index (χ1v) is 2.99. The number of nitrogens with two attached hydrogens (primary N) is 1. The Morgan fingerprint density at radius 2 is 2.20 bits per heavy atom. The van der Waals surface area contributed by atoms with Gasteiger partial charge in [0.05, 0.1) is 0 Å². The van der Waals surface area contributed by atoms with Crippen LogP contribution in [0.2, 0.25) is 0 Å². The highest BCUT2D eigenvalue weighted by atomic mass is 16.2. The molecule has 0 unspecified atom stereocenters. The van der Waals surface area contributed by atoms with Crippen LogP contribution in [0.1, 0.15) is 6.92 Å². The molecule has 0 aromatic carbocycles. The van der Waals surface area contributed by atoms with Crippen LogP contribution < -0.4 is 5.73 Å². The first kappa shape index (κ1) is 6.80. The summed E-state index contributed by atoms with van der Waals surface area (Å²) in [6.07, 6.45) is 1.14. The zero-order valence-corrected chi connectivity index (χ0v) is 5.63. The molecular formula is C6H8N2O2. The van der Waals surface area contributed by atoms with Gasteiger partial charge in [0.15, 0.2) is 0 Å². The Balaban J connectivity index is 2.87. The van der Waals surface area contributed by atoms with Crippen LogP contribution in [0.5, 0.6) is 0 Å². The molecule has 0 saturated heterocycles. The second-order valence-corrected chi connectivity index (χ2v) is 1.99. The Morgan fingerprint density at radius 1 is 1.60 bits per heavy atom. The van der Waals surface area contributed by atoms with Crippen molar-refractivity contribution in [1.82, 2.24) is 4.90 Å². The van der Waals surface area contributed by atoms with Crippen molar-refractivity contribution < 1.29 is 9.59 Å². The van der Waals surface area contributed by atoms with Crippen molar-refractivity contribution in [1.29, 1.82) is 0 Å². The number of hydrogen-bond donors (Lipinski definition) is 1. The molecular weight excluding hydrogens is 132 g/mol. The van der Waals surface area contributed by atoms with Gasteiger partial charge in [-0.25, -0.2) is 0 Å². The van der Waals surface area contributed by atoms with Gasteiger partial charge in [0, 0.05) is 12.6 Å². The molecule has 0 bridgehead atoms. The lowest BCUT2D eigenvalue weighted by Crippen LogP contribution is -2.31. The van der Waals surface area contributed by atoms with Crippen molar-refractivity contribution in [3.05, 3.63) is 11.8 Å². The first-order chi connectivity index (χ1) is 4.66. The molecule has 0 radical (unpaired) electrons. The third-order valence-corrected chi connectivity index (χ3v) is 1.35. The Kier molecular flexibility index (Phi) is 1.45. The maximum atomic E-state index is 10.9. The van der Waals surface area contributed by atoms with Crippen LogP contribution in [0.15, 0.2) is 11.8 Å². The summed E-state index contributed by atoms with van der Waals surface area (Å²) < 4.78 is 0. The van der Waals surface area contributed by atoms with E-state index in [-0.39, 0.29) is 17.5 Å². The van der Waals surface area contributed by atoms with Crippen LogP contribution in [0.25, 0.3) is 0 Å². The van der Waals surface area contributed by atoms with E-state index >= 15 is 0 Å². The quantitative estimate of drug-likeness (QED) is 0.486. The number of nitrogens with zero attached hydrogens (tertiary/aromatic N) is 1. The Hall–Kier alpha value is -1.32. The summed E-state index contributed by atoms with van der Waals surface area (Å²) in [5.74, 6) is -0.697. The lowest BCUT2D eigenvalue weighted by molar-refractivity contribution is -0.136. The monoisotopic (exact) mass is 140 g/mol. The van der Waals surface area contributed by atoms with E-state index in [9.17, 15) is 9.59 Å². The molecule has 4 heteroatoms. The number of imide groups is 1. The highest BCUT2D eigenvalue weighted by Gasteiger charge is 2.27. The summed E-state index contributed by atoms with van der Waals surface area (Å²) in [7, 11) is 0. The molecule has 0 aromatic rings. The summed E-state index contributed by atoms with van der Waals surface area (Å²) in [5.41, 5.74) is 5.22. The van der Waals surface area contributed by atoms with Crippen LogP contribution in [0, 0.1) is 0 Å². The van der Waals surface area contributed by atoms with Crippen LogP contribution in [0.4, 0.5) is 0 Å². The van der Waals surface area contributed by atoms with Crippen molar-refractivity contribution in [2.24, 2.45) is 5.73 Å². The number of carbonyl (C=O) groups is 2. The maximum Gasteiger partial charge on any atom is 0.276 e. The second kappa shape index (κ2) is 2.13. The van der Waals surface area contributed by atoms with Crippen molar-refractivity contribution in [2.75, 3.05) is 6.54 Å². The normalized spacial score (nSPS) is 18.1.